The fourth-order valence-electron chi connectivity index (χ4n) is 1.64. The quantitative estimate of drug-likeness (QED) is 0.658. The van der Waals surface area contributed by atoms with Crippen molar-refractivity contribution < 1.29 is 4.79 Å². The largest absolute Gasteiger partial charge is 0.351 e. The van der Waals surface area contributed by atoms with Gasteiger partial charge in [0.25, 0.3) is 0 Å². The van der Waals surface area contributed by atoms with Crippen LogP contribution in [0.3, 0.4) is 0 Å². The van der Waals surface area contributed by atoms with Crippen molar-refractivity contribution in [3.63, 3.8) is 0 Å². The zero-order valence-corrected chi connectivity index (χ0v) is 9.73. The van der Waals surface area contributed by atoms with Gasteiger partial charge in [-0.25, -0.2) is 0 Å². The van der Waals surface area contributed by atoms with E-state index in [2.05, 4.69) is 26.1 Å². The predicted molar refractivity (Wildman–Crippen MR) is 60.0 cm³/mol. The van der Waals surface area contributed by atoms with Crippen LogP contribution in [0.4, 0.5) is 0 Å². The predicted octanol–water partition coefficient (Wildman–Crippen LogP) is 1.81. The zero-order valence-electron chi connectivity index (χ0n) is 9.73. The maximum Gasteiger partial charge on any atom is 0.220 e. The summed E-state index contributed by atoms with van der Waals surface area (Å²) in [6, 6.07) is 0. The number of amides is 1. The number of carbonyl (C=O) groups excluding carboxylic acids is 1. The highest BCUT2D eigenvalue weighted by atomic mass is 16.1. The molecule has 0 unspecified atom stereocenters. The third-order valence-corrected chi connectivity index (χ3v) is 3.04. The Balaban J connectivity index is 4.08. The summed E-state index contributed by atoms with van der Waals surface area (Å²) in [7, 11) is 0. The van der Waals surface area contributed by atoms with Crippen molar-refractivity contribution in [1.82, 2.24) is 5.32 Å². The maximum absolute atomic E-state index is 11.5. The van der Waals surface area contributed by atoms with Gasteiger partial charge >= 0.3 is 0 Å². The number of rotatable bonds is 7. The highest BCUT2D eigenvalue weighted by Gasteiger charge is 2.25. The summed E-state index contributed by atoms with van der Waals surface area (Å²) in [6.07, 6.45) is 4.31. The number of nitrogens with two attached hydrogens (primary N) is 1. The van der Waals surface area contributed by atoms with Gasteiger partial charge < -0.3 is 11.1 Å². The number of hydrogen-bond donors (Lipinski definition) is 2. The molecular formula is C11H24N2O. The second-order valence-corrected chi connectivity index (χ2v) is 3.78. The summed E-state index contributed by atoms with van der Waals surface area (Å²) < 4.78 is 0. The third kappa shape index (κ3) is 4.09. The highest BCUT2D eigenvalue weighted by molar-refractivity contribution is 5.76. The maximum atomic E-state index is 11.5. The van der Waals surface area contributed by atoms with Crippen LogP contribution in [0.25, 0.3) is 0 Å². The van der Waals surface area contributed by atoms with Crippen LogP contribution in [0.1, 0.15) is 52.9 Å². The molecule has 0 aromatic heterocycles. The van der Waals surface area contributed by atoms with Crippen molar-refractivity contribution in [2.45, 2.75) is 58.4 Å². The van der Waals surface area contributed by atoms with Crippen LogP contribution in [-0.2, 0) is 4.79 Å². The average Bonchev–Trinajstić information content (AvgIpc) is 2.23. The molecule has 1 amide bonds. The summed E-state index contributed by atoms with van der Waals surface area (Å²) in [5.41, 5.74) is 5.36. The molecule has 0 saturated carbocycles. The molecule has 84 valence electrons. The molecule has 0 bridgehead atoms. The van der Waals surface area contributed by atoms with Gasteiger partial charge in [-0.2, -0.15) is 0 Å². The first-order chi connectivity index (χ1) is 6.64. The lowest BCUT2D eigenvalue weighted by Gasteiger charge is -2.31. The summed E-state index contributed by atoms with van der Waals surface area (Å²) >= 11 is 0. The number of nitrogens with one attached hydrogen (secondary N) is 1. The van der Waals surface area contributed by atoms with Crippen LogP contribution in [0.15, 0.2) is 0 Å². The van der Waals surface area contributed by atoms with Crippen molar-refractivity contribution in [3.05, 3.63) is 0 Å². The third-order valence-electron chi connectivity index (χ3n) is 3.04. The molecule has 3 nitrogen and oxygen atoms in total. The summed E-state index contributed by atoms with van der Waals surface area (Å²) in [5.74, 6) is 0.140. The van der Waals surface area contributed by atoms with Gasteiger partial charge in [-0.3, -0.25) is 4.79 Å². The SMILES string of the molecule is CCC(CC)(CC)NC(=O)CCCN. The van der Waals surface area contributed by atoms with Gasteiger partial charge in [0.2, 0.25) is 5.91 Å². The summed E-state index contributed by atoms with van der Waals surface area (Å²) in [5, 5.41) is 3.12. The number of hydrogen-bond acceptors (Lipinski definition) is 2. The zero-order chi connectivity index (χ0) is 11.0. The van der Waals surface area contributed by atoms with Crippen LogP contribution in [0, 0.1) is 0 Å². The molecule has 0 aliphatic heterocycles. The molecule has 0 rings (SSSR count). The van der Waals surface area contributed by atoms with Crippen molar-refractivity contribution in [1.29, 1.82) is 0 Å². The molecule has 3 N–H and O–H groups in total. The topological polar surface area (TPSA) is 55.1 Å². The van der Waals surface area contributed by atoms with E-state index in [0.717, 1.165) is 25.7 Å². The summed E-state index contributed by atoms with van der Waals surface area (Å²) in [4.78, 5) is 11.5. The van der Waals surface area contributed by atoms with Crippen LogP contribution in [0.2, 0.25) is 0 Å². The second kappa shape index (κ2) is 6.82. The lowest BCUT2D eigenvalue weighted by molar-refractivity contribution is -0.123. The fraction of sp³-hybridized carbons (Fsp3) is 0.909. The Kier molecular flexibility index (Phi) is 6.54. The van der Waals surface area contributed by atoms with E-state index in [1.54, 1.807) is 0 Å². The minimum Gasteiger partial charge on any atom is -0.351 e. The van der Waals surface area contributed by atoms with Gasteiger partial charge in [-0.15, -0.1) is 0 Å². The lowest BCUT2D eigenvalue weighted by atomic mass is 9.89. The molecule has 0 aliphatic carbocycles. The van der Waals surface area contributed by atoms with Gasteiger partial charge in [-0.1, -0.05) is 20.8 Å². The molecule has 3 heteroatoms. The first kappa shape index (κ1) is 13.4. The molecule has 0 heterocycles. The van der Waals surface area contributed by atoms with E-state index in [1.165, 1.54) is 0 Å². The first-order valence-electron chi connectivity index (χ1n) is 5.65. The lowest BCUT2D eigenvalue weighted by Crippen LogP contribution is -2.47. The van der Waals surface area contributed by atoms with E-state index in [0.29, 0.717) is 13.0 Å². The van der Waals surface area contributed by atoms with E-state index in [4.69, 9.17) is 5.73 Å². The van der Waals surface area contributed by atoms with E-state index in [1.807, 2.05) is 0 Å². The molecule has 14 heavy (non-hydrogen) atoms. The van der Waals surface area contributed by atoms with Crippen molar-refractivity contribution in [3.8, 4) is 0 Å². The van der Waals surface area contributed by atoms with Gasteiger partial charge in [0.1, 0.15) is 0 Å². The minimum absolute atomic E-state index is 0.00564. The molecule has 0 aromatic rings. The van der Waals surface area contributed by atoms with Gasteiger partial charge in [0.15, 0.2) is 0 Å². The van der Waals surface area contributed by atoms with Crippen LogP contribution in [0.5, 0.6) is 0 Å². The van der Waals surface area contributed by atoms with Crippen molar-refractivity contribution >= 4 is 5.91 Å². The van der Waals surface area contributed by atoms with Gasteiger partial charge in [0, 0.05) is 12.0 Å². The van der Waals surface area contributed by atoms with Crippen LogP contribution >= 0.6 is 0 Å². The Morgan fingerprint density at radius 2 is 1.71 bits per heavy atom. The standard InChI is InChI=1S/C11H24N2O/c1-4-11(5-2,6-3)13-10(14)8-7-9-12/h4-9,12H2,1-3H3,(H,13,14). The Labute approximate surface area is 87.4 Å². The van der Waals surface area contributed by atoms with Gasteiger partial charge in [0.05, 0.1) is 0 Å². The Hall–Kier alpha value is -0.570. The molecule has 0 aromatic carbocycles. The fourth-order valence-corrected chi connectivity index (χ4v) is 1.64. The average molecular weight is 200 g/mol. The monoisotopic (exact) mass is 200 g/mol. The molecule has 0 spiro atoms. The molecule has 0 radical (unpaired) electrons. The normalized spacial score (nSPS) is 11.4. The molecule has 0 fully saturated rings. The summed E-state index contributed by atoms with van der Waals surface area (Å²) in [6.45, 7) is 6.95. The van der Waals surface area contributed by atoms with E-state index >= 15 is 0 Å². The molecule has 0 atom stereocenters. The van der Waals surface area contributed by atoms with Crippen LogP contribution in [-0.4, -0.2) is 18.0 Å². The van der Waals surface area contributed by atoms with E-state index in [-0.39, 0.29) is 11.4 Å². The Morgan fingerprint density at radius 1 is 1.21 bits per heavy atom. The van der Waals surface area contributed by atoms with Crippen molar-refractivity contribution in [2.24, 2.45) is 5.73 Å². The highest BCUT2D eigenvalue weighted by Crippen LogP contribution is 2.19. The molecule has 0 aliphatic rings. The first-order valence-corrected chi connectivity index (χ1v) is 5.65. The Morgan fingerprint density at radius 3 is 2.07 bits per heavy atom. The Bertz CT molecular complexity index is 156. The van der Waals surface area contributed by atoms with Crippen molar-refractivity contribution in [2.75, 3.05) is 6.54 Å². The molecule has 0 saturated heterocycles. The second-order valence-electron chi connectivity index (χ2n) is 3.78. The number of carbonyl (C=O) groups is 1. The van der Waals surface area contributed by atoms with E-state index in [9.17, 15) is 4.79 Å². The van der Waals surface area contributed by atoms with Crippen LogP contribution < -0.4 is 11.1 Å². The van der Waals surface area contributed by atoms with Gasteiger partial charge in [-0.05, 0) is 32.2 Å². The smallest absolute Gasteiger partial charge is 0.220 e. The van der Waals surface area contributed by atoms with E-state index < -0.39 is 0 Å². The molecular weight excluding hydrogens is 176 g/mol. The minimum atomic E-state index is 0.00564.